The summed E-state index contributed by atoms with van der Waals surface area (Å²) in [6.07, 6.45) is 2.54. The second-order valence-electron chi connectivity index (χ2n) is 5.19. The lowest BCUT2D eigenvalue weighted by molar-refractivity contribution is -0.387. The van der Waals surface area contributed by atoms with E-state index in [1.807, 2.05) is 13.8 Å². The number of nitro groups is 1. The van der Waals surface area contributed by atoms with E-state index in [4.69, 9.17) is 0 Å². The molecule has 110 valence electrons. The zero-order valence-electron chi connectivity index (χ0n) is 11.5. The third kappa shape index (κ3) is 2.55. The van der Waals surface area contributed by atoms with Crippen molar-refractivity contribution in [3.63, 3.8) is 0 Å². The molecule has 0 amide bonds. The van der Waals surface area contributed by atoms with Gasteiger partial charge in [-0.05, 0) is 32.8 Å². The zero-order valence-corrected chi connectivity index (χ0v) is 12.3. The Morgan fingerprint density at radius 2 is 1.75 bits per heavy atom. The van der Waals surface area contributed by atoms with Gasteiger partial charge in [0.15, 0.2) is 4.90 Å². The Labute approximate surface area is 118 Å². The van der Waals surface area contributed by atoms with Gasteiger partial charge in [-0.15, -0.1) is 0 Å². The summed E-state index contributed by atoms with van der Waals surface area (Å²) in [5.74, 6) is 0. The molecule has 0 aromatic heterocycles. The fourth-order valence-electron chi connectivity index (χ4n) is 2.81. The van der Waals surface area contributed by atoms with Gasteiger partial charge < -0.3 is 0 Å². The number of piperidine rings is 1. The van der Waals surface area contributed by atoms with Crippen molar-refractivity contribution >= 4 is 15.7 Å². The van der Waals surface area contributed by atoms with E-state index in [9.17, 15) is 18.5 Å². The molecule has 2 atom stereocenters. The van der Waals surface area contributed by atoms with Gasteiger partial charge in [0.05, 0.1) is 4.92 Å². The monoisotopic (exact) mass is 298 g/mol. The predicted octanol–water partition coefficient (Wildman–Crippen LogP) is 2.55. The smallest absolute Gasteiger partial charge is 0.258 e. The minimum atomic E-state index is -3.84. The molecule has 1 heterocycles. The molecule has 0 saturated carbocycles. The number of rotatable bonds is 3. The maximum absolute atomic E-state index is 12.8. The van der Waals surface area contributed by atoms with Gasteiger partial charge in [0.2, 0.25) is 10.0 Å². The highest BCUT2D eigenvalue weighted by Gasteiger charge is 2.38. The van der Waals surface area contributed by atoms with Crippen LogP contribution >= 0.6 is 0 Å². The van der Waals surface area contributed by atoms with Gasteiger partial charge in [-0.25, -0.2) is 8.42 Å². The number of nitrogens with zero attached hydrogens (tertiary/aromatic N) is 2. The summed E-state index contributed by atoms with van der Waals surface area (Å²) in [7, 11) is -3.84. The molecule has 7 heteroatoms. The van der Waals surface area contributed by atoms with Crippen LogP contribution in [0.4, 0.5) is 5.69 Å². The maximum atomic E-state index is 12.8. The first-order chi connectivity index (χ1) is 9.35. The second-order valence-corrected chi connectivity index (χ2v) is 7.00. The van der Waals surface area contributed by atoms with E-state index in [1.54, 1.807) is 0 Å². The average molecular weight is 298 g/mol. The Balaban J connectivity index is 2.52. The van der Waals surface area contributed by atoms with E-state index < -0.39 is 14.9 Å². The standard InChI is InChI=1S/C13H18N2O4S/c1-10-6-5-7-11(2)14(10)20(18,19)13-9-4-3-8-12(13)15(16)17/h3-4,8-11H,5-7H2,1-2H3/t10-,11+. The van der Waals surface area contributed by atoms with Crippen LogP contribution in [0.3, 0.4) is 0 Å². The lowest BCUT2D eigenvalue weighted by Crippen LogP contribution is -2.47. The van der Waals surface area contributed by atoms with Crippen LogP contribution in [0.15, 0.2) is 29.2 Å². The minimum Gasteiger partial charge on any atom is -0.258 e. The van der Waals surface area contributed by atoms with Gasteiger partial charge >= 0.3 is 0 Å². The molecule has 20 heavy (non-hydrogen) atoms. The SMILES string of the molecule is C[C@@H]1CCC[C@H](C)N1S(=O)(=O)c1ccccc1[N+](=O)[O-]. The van der Waals surface area contributed by atoms with Crippen LogP contribution in [0.5, 0.6) is 0 Å². The predicted molar refractivity (Wildman–Crippen MR) is 74.9 cm³/mol. The Morgan fingerprint density at radius 3 is 2.30 bits per heavy atom. The maximum Gasteiger partial charge on any atom is 0.289 e. The van der Waals surface area contributed by atoms with Gasteiger partial charge in [0.25, 0.3) is 5.69 Å². The van der Waals surface area contributed by atoms with E-state index in [1.165, 1.54) is 28.6 Å². The summed E-state index contributed by atoms with van der Waals surface area (Å²) >= 11 is 0. The summed E-state index contributed by atoms with van der Waals surface area (Å²) in [6.45, 7) is 3.70. The molecule has 0 aliphatic carbocycles. The van der Waals surface area contributed by atoms with Crippen molar-refractivity contribution in [2.75, 3.05) is 0 Å². The van der Waals surface area contributed by atoms with Crippen molar-refractivity contribution in [1.29, 1.82) is 0 Å². The summed E-state index contributed by atoms with van der Waals surface area (Å²) < 4.78 is 26.9. The fraction of sp³-hybridized carbons (Fsp3) is 0.538. The number of para-hydroxylation sites is 1. The highest BCUT2D eigenvalue weighted by Crippen LogP contribution is 2.33. The number of nitro benzene ring substituents is 1. The summed E-state index contributed by atoms with van der Waals surface area (Å²) in [5, 5.41) is 11.0. The number of benzene rings is 1. The average Bonchev–Trinajstić information content (AvgIpc) is 2.38. The summed E-state index contributed by atoms with van der Waals surface area (Å²) in [4.78, 5) is 10.2. The molecule has 0 radical (unpaired) electrons. The molecule has 0 N–H and O–H groups in total. The Hall–Kier alpha value is -1.47. The summed E-state index contributed by atoms with van der Waals surface area (Å²) in [6, 6.07) is 5.25. The fourth-order valence-corrected chi connectivity index (χ4v) is 4.85. The van der Waals surface area contributed by atoms with Crippen LogP contribution < -0.4 is 0 Å². The quantitative estimate of drug-likeness (QED) is 0.634. The lowest BCUT2D eigenvalue weighted by atomic mass is 10.0. The first-order valence-corrected chi connectivity index (χ1v) is 8.06. The Morgan fingerprint density at radius 1 is 1.20 bits per heavy atom. The van der Waals surface area contributed by atoms with Gasteiger partial charge in [-0.2, -0.15) is 4.31 Å². The lowest BCUT2D eigenvalue weighted by Gasteiger charge is -2.37. The molecule has 0 bridgehead atoms. The van der Waals surface area contributed by atoms with Crippen LogP contribution in [-0.4, -0.2) is 29.7 Å². The van der Waals surface area contributed by atoms with E-state index in [-0.39, 0.29) is 22.7 Å². The second kappa shape index (κ2) is 5.49. The molecule has 0 spiro atoms. The number of hydrogen-bond acceptors (Lipinski definition) is 4. The van der Waals surface area contributed by atoms with Crippen LogP contribution in [0.1, 0.15) is 33.1 Å². The van der Waals surface area contributed by atoms with E-state index in [0.29, 0.717) is 0 Å². The van der Waals surface area contributed by atoms with Gasteiger partial charge in [0, 0.05) is 18.2 Å². The molecule has 2 rings (SSSR count). The normalized spacial score (nSPS) is 24.5. The van der Waals surface area contributed by atoms with E-state index in [2.05, 4.69) is 0 Å². The topological polar surface area (TPSA) is 80.5 Å². The third-order valence-electron chi connectivity index (χ3n) is 3.73. The molecule has 0 unspecified atom stereocenters. The molecule has 1 aromatic rings. The number of hydrogen-bond donors (Lipinski definition) is 0. The Kier molecular flexibility index (Phi) is 4.10. The van der Waals surface area contributed by atoms with Crippen molar-refractivity contribution in [3.05, 3.63) is 34.4 Å². The minimum absolute atomic E-state index is 0.136. The molecule has 6 nitrogen and oxygen atoms in total. The van der Waals surface area contributed by atoms with Crippen molar-refractivity contribution in [1.82, 2.24) is 4.31 Å². The summed E-state index contributed by atoms with van der Waals surface area (Å²) in [5.41, 5.74) is -0.363. The molecular formula is C13H18N2O4S. The van der Waals surface area contributed by atoms with Gasteiger partial charge in [-0.1, -0.05) is 18.6 Å². The molecular weight excluding hydrogens is 280 g/mol. The largest absolute Gasteiger partial charge is 0.289 e. The van der Waals surface area contributed by atoms with E-state index in [0.717, 1.165) is 19.3 Å². The first kappa shape index (κ1) is 14.9. The highest BCUT2D eigenvalue weighted by molar-refractivity contribution is 7.89. The van der Waals surface area contributed by atoms with Crippen molar-refractivity contribution in [3.8, 4) is 0 Å². The molecule has 1 saturated heterocycles. The van der Waals surface area contributed by atoms with Crippen molar-refractivity contribution in [2.24, 2.45) is 0 Å². The zero-order chi connectivity index (χ0) is 14.9. The van der Waals surface area contributed by atoms with Crippen molar-refractivity contribution < 1.29 is 13.3 Å². The molecule has 1 aromatic carbocycles. The molecule has 1 fully saturated rings. The van der Waals surface area contributed by atoms with Crippen LogP contribution in [0, 0.1) is 10.1 Å². The van der Waals surface area contributed by atoms with Crippen LogP contribution in [0.2, 0.25) is 0 Å². The van der Waals surface area contributed by atoms with Crippen LogP contribution in [0.25, 0.3) is 0 Å². The molecule has 1 aliphatic heterocycles. The van der Waals surface area contributed by atoms with Crippen molar-refractivity contribution in [2.45, 2.75) is 50.1 Å². The van der Waals surface area contributed by atoms with Crippen LogP contribution in [-0.2, 0) is 10.0 Å². The van der Waals surface area contributed by atoms with E-state index >= 15 is 0 Å². The first-order valence-electron chi connectivity index (χ1n) is 6.62. The Bertz CT molecular complexity index is 605. The molecule has 1 aliphatic rings. The number of sulfonamides is 1. The third-order valence-corrected chi connectivity index (χ3v) is 5.91. The highest BCUT2D eigenvalue weighted by atomic mass is 32.2. The van der Waals surface area contributed by atoms with Gasteiger partial charge in [-0.3, -0.25) is 10.1 Å². The van der Waals surface area contributed by atoms with Gasteiger partial charge in [0.1, 0.15) is 0 Å².